The molecule has 18 heavy (non-hydrogen) atoms. The SMILES string of the molecule is NC(=S)c1ccc(S(=O)(=O)N2CCOCC2)cn1. The second kappa shape index (κ2) is 5.27. The molecule has 1 aliphatic rings. The van der Waals surface area contributed by atoms with Crippen LogP contribution >= 0.6 is 12.2 Å². The van der Waals surface area contributed by atoms with Crippen molar-refractivity contribution in [3.8, 4) is 0 Å². The van der Waals surface area contributed by atoms with Gasteiger partial charge in [0.2, 0.25) is 10.0 Å². The Labute approximate surface area is 111 Å². The molecular formula is C10H13N3O3S2. The molecule has 2 rings (SSSR count). The summed E-state index contributed by atoms with van der Waals surface area (Å²) in [5, 5.41) is 0. The minimum Gasteiger partial charge on any atom is -0.388 e. The number of aromatic nitrogens is 1. The van der Waals surface area contributed by atoms with Crippen molar-refractivity contribution in [1.82, 2.24) is 9.29 Å². The Kier molecular flexibility index (Phi) is 3.91. The van der Waals surface area contributed by atoms with Gasteiger partial charge in [0.15, 0.2) is 0 Å². The van der Waals surface area contributed by atoms with E-state index < -0.39 is 10.0 Å². The van der Waals surface area contributed by atoms with Crippen LogP contribution < -0.4 is 5.73 Å². The summed E-state index contributed by atoms with van der Waals surface area (Å²) in [6, 6.07) is 2.97. The first-order valence-corrected chi connectivity index (χ1v) is 7.20. The highest BCUT2D eigenvalue weighted by molar-refractivity contribution is 7.89. The van der Waals surface area contributed by atoms with Crippen LogP contribution in [-0.2, 0) is 14.8 Å². The van der Waals surface area contributed by atoms with Crippen LogP contribution in [0, 0.1) is 0 Å². The van der Waals surface area contributed by atoms with Crippen LogP contribution in [0.3, 0.4) is 0 Å². The van der Waals surface area contributed by atoms with Gasteiger partial charge in [-0.1, -0.05) is 12.2 Å². The minimum atomic E-state index is -3.50. The van der Waals surface area contributed by atoms with E-state index in [9.17, 15) is 8.42 Å². The van der Waals surface area contributed by atoms with E-state index in [0.717, 1.165) is 0 Å². The number of hydrogen-bond acceptors (Lipinski definition) is 5. The van der Waals surface area contributed by atoms with Gasteiger partial charge in [0.05, 0.1) is 18.9 Å². The number of hydrogen-bond donors (Lipinski definition) is 1. The fourth-order valence-corrected chi connectivity index (χ4v) is 3.09. The van der Waals surface area contributed by atoms with E-state index in [4.69, 9.17) is 22.7 Å². The van der Waals surface area contributed by atoms with Gasteiger partial charge in [-0.2, -0.15) is 4.31 Å². The summed E-state index contributed by atoms with van der Waals surface area (Å²) in [5.74, 6) is 0. The molecule has 1 saturated heterocycles. The molecule has 0 bridgehead atoms. The van der Waals surface area contributed by atoms with Crippen molar-refractivity contribution in [2.45, 2.75) is 4.90 Å². The van der Waals surface area contributed by atoms with E-state index >= 15 is 0 Å². The molecule has 1 fully saturated rings. The predicted octanol–water partition coefficient (Wildman–Crippen LogP) is -0.263. The van der Waals surface area contributed by atoms with Crippen molar-refractivity contribution >= 4 is 27.2 Å². The van der Waals surface area contributed by atoms with Gasteiger partial charge >= 0.3 is 0 Å². The average Bonchev–Trinajstić information content (AvgIpc) is 2.40. The summed E-state index contributed by atoms with van der Waals surface area (Å²) in [6.07, 6.45) is 1.28. The van der Waals surface area contributed by atoms with Gasteiger partial charge in [-0.25, -0.2) is 8.42 Å². The van der Waals surface area contributed by atoms with Gasteiger partial charge in [-0.3, -0.25) is 4.98 Å². The lowest BCUT2D eigenvalue weighted by atomic mass is 10.3. The Morgan fingerprint density at radius 3 is 2.56 bits per heavy atom. The molecule has 0 unspecified atom stereocenters. The monoisotopic (exact) mass is 287 g/mol. The van der Waals surface area contributed by atoms with Gasteiger partial charge in [0, 0.05) is 19.3 Å². The number of ether oxygens (including phenoxy) is 1. The Bertz CT molecular complexity index is 536. The topological polar surface area (TPSA) is 85.5 Å². The number of nitrogens with zero attached hydrogens (tertiary/aromatic N) is 2. The fourth-order valence-electron chi connectivity index (χ4n) is 1.61. The summed E-state index contributed by atoms with van der Waals surface area (Å²) in [4.78, 5) is 4.22. The van der Waals surface area contributed by atoms with Crippen molar-refractivity contribution in [1.29, 1.82) is 0 Å². The largest absolute Gasteiger partial charge is 0.388 e. The van der Waals surface area contributed by atoms with E-state index in [0.29, 0.717) is 32.0 Å². The minimum absolute atomic E-state index is 0.143. The molecule has 98 valence electrons. The van der Waals surface area contributed by atoms with Crippen LogP contribution in [0.25, 0.3) is 0 Å². The van der Waals surface area contributed by atoms with Gasteiger partial charge in [-0.05, 0) is 12.1 Å². The molecule has 0 radical (unpaired) electrons. The second-order valence-electron chi connectivity index (χ2n) is 3.76. The first kappa shape index (κ1) is 13.3. The van der Waals surface area contributed by atoms with Crippen molar-refractivity contribution < 1.29 is 13.2 Å². The molecule has 0 atom stereocenters. The average molecular weight is 287 g/mol. The van der Waals surface area contributed by atoms with Gasteiger partial charge < -0.3 is 10.5 Å². The third kappa shape index (κ3) is 2.66. The second-order valence-corrected chi connectivity index (χ2v) is 6.14. The molecule has 2 N–H and O–H groups in total. The first-order valence-electron chi connectivity index (χ1n) is 5.35. The lowest BCUT2D eigenvalue weighted by molar-refractivity contribution is 0.0730. The van der Waals surface area contributed by atoms with Crippen molar-refractivity contribution in [2.24, 2.45) is 5.73 Å². The van der Waals surface area contributed by atoms with E-state index in [1.54, 1.807) is 0 Å². The van der Waals surface area contributed by atoms with Crippen LogP contribution in [0.4, 0.5) is 0 Å². The fraction of sp³-hybridized carbons (Fsp3) is 0.400. The summed E-state index contributed by atoms with van der Waals surface area (Å²) in [6.45, 7) is 1.55. The summed E-state index contributed by atoms with van der Waals surface area (Å²) < 4.78 is 31.0. The zero-order valence-electron chi connectivity index (χ0n) is 9.57. The molecule has 8 heteroatoms. The molecule has 0 saturated carbocycles. The quantitative estimate of drug-likeness (QED) is 0.771. The maximum Gasteiger partial charge on any atom is 0.244 e. The van der Waals surface area contributed by atoms with Gasteiger partial charge in [0.25, 0.3) is 0 Å². The summed E-state index contributed by atoms with van der Waals surface area (Å²) >= 11 is 4.76. The highest BCUT2D eigenvalue weighted by Gasteiger charge is 2.26. The molecule has 1 aromatic rings. The van der Waals surface area contributed by atoms with Crippen LogP contribution in [-0.4, -0.2) is 49.0 Å². The molecule has 0 amide bonds. The Morgan fingerprint density at radius 1 is 1.39 bits per heavy atom. The Balaban J connectivity index is 2.26. The third-order valence-electron chi connectivity index (χ3n) is 2.60. The summed E-state index contributed by atoms with van der Waals surface area (Å²) in [5.41, 5.74) is 5.82. The van der Waals surface area contributed by atoms with Gasteiger partial charge in [-0.15, -0.1) is 0 Å². The maximum atomic E-state index is 12.2. The highest BCUT2D eigenvalue weighted by Crippen LogP contribution is 2.16. The molecule has 2 heterocycles. The predicted molar refractivity (Wildman–Crippen MR) is 69.7 cm³/mol. The smallest absolute Gasteiger partial charge is 0.244 e. The number of sulfonamides is 1. The lowest BCUT2D eigenvalue weighted by Crippen LogP contribution is -2.40. The number of morpholine rings is 1. The van der Waals surface area contributed by atoms with E-state index in [1.165, 1.54) is 22.6 Å². The van der Waals surface area contributed by atoms with E-state index in [-0.39, 0.29) is 9.88 Å². The third-order valence-corrected chi connectivity index (χ3v) is 4.69. The zero-order valence-corrected chi connectivity index (χ0v) is 11.2. The standard InChI is InChI=1S/C10H13N3O3S2/c11-10(17)9-2-1-8(7-12-9)18(14,15)13-3-5-16-6-4-13/h1-2,7H,3-6H2,(H2,11,17). The van der Waals surface area contributed by atoms with Crippen LogP contribution in [0.5, 0.6) is 0 Å². The number of pyridine rings is 1. The molecule has 6 nitrogen and oxygen atoms in total. The first-order chi connectivity index (χ1) is 8.51. The number of thiocarbonyl (C=S) groups is 1. The zero-order chi connectivity index (χ0) is 13.2. The molecule has 0 aliphatic carbocycles. The number of rotatable bonds is 3. The normalized spacial score (nSPS) is 17.6. The maximum absolute atomic E-state index is 12.2. The molecule has 1 aliphatic heterocycles. The molecule has 1 aromatic heterocycles. The van der Waals surface area contributed by atoms with Crippen LogP contribution in [0.1, 0.15) is 5.69 Å². The Hall–Kier alpha value is -1.09. The van der Waals surface area contributed by atoms with E-state index in [1.807, 2.05) is 0 Å². The van der Waals surface area contributed by atoms with Crippen LogP contribution in [0.2, 0.25) is 0 Å². The highest BCUT2D eigenvalue weighted by atomic mass is 32.2. The van der Waals surface area contributed by atoms with Crippen molar-refractivity contribution in [3.05, 3.63) is 24.0 Å². The number of nitrogens with two attached hydrogens (primary N) is 1. The molecule has 0 spiro atoms. The van der Waals surface area contributed by atoms with Crippen LogP contribution in [0.15, 0.2) is 23.2 Å². The lowest BCUT2D eigenvalue weighted by Gasteiger charge is -2.25. The van der Waals surface area contributed by atoms with E-state index in [2.05, 4.69) is 4.98 Å². The van der Waals surface area contributed by atoms with Crippen molar-refractivity contribution in [3.63, 3.8) is 0 Å². The summed E-state index contributed by atoms with van der Waals surface area (Å²) in [7, 11) is -3.50. The molecular weight excluding hydrogens is 274 g/mol. The van der Waals surface area contributed by atoms with Gasteiger partial charge in [0.1, 0.15) is 9.88 Å². The van der Waals surface area contributed by atoms with Crippen molar-refractivity contribution in [2.75, 3.05) is 26.3 Å². The Morgan fingerprint density at radius 2 is 2.06 bits per heavy atom. The molecule has 0 aromatic carbocycles.